The molecule has 1 atom stereocenters. The van der Waals surface area contributed by atoms with Gasteiger partial charge >= 0.3 is 0 Å². The van der Waals surface area contributed by atoms with Crippen LogP contribution in [0.2, 0.25) is 0 Å². The Hall–Kier alpha value is -2.04. The third-order valence-corrected chi connectivity index (χ3v) is 4.66. The maximum Gasteiger partial charge on any atom is 0.260 e. The van der Waals surface area contributed by atoms with Gasteiger partial charge in [0.1, 0.15) is 5.75 Å². The fraction of sp³-hybridized carbons (Fsp3) is 0.556. The Morgan fingerprint density at radius 2 is 1.96 bits per heavy atom. The summed E-state index contributed by atoms with van der Waals surface area (Å²) in [5.41, 5.74) is 6.45. The van der Waals surface area contributed by atoms with Crippen LogP contribution >= 0.6 is 0 Å². The van der Waals surface area contributed by atoms with Gasteiger partial charge in [-0.25, -0.2) is 0 Å². The topological polar surface area (TPSA) is 72.6 Å². The summed E-state index contributed by atoms with van der Waals surface area (Å²) in [6, 6.07) is 7.87. The van der Waals surface area contributed by atoms with Gasteiger partial charge in [0.25, 0.3) is 5.91 Å². The van der Waals surface area contributed by atoms with E-state index < -0.39 is 0 Å². The Balaban J connectivity index is 1.89. The molecule has 2 N–H and O–H groups in total. The monoisotopic (exact) mass is 318 g/mol. The second kappa shape index (κ2) is 7.99. The number of amides is 2. The normalized spacial score (nSPS) is 16.9. The standard InChI is InChI=1S/C18H26N2O3/c1-3-13(2)15-6-4-5-7-16(15)23-12-17(21)20-10-8-14(9-11-20)18(19)22/h4-7,13-14H,3,8-12H2,1-2H3,(H2,19,22). The molecule has 0 radical (unpaired) electrons. The zero-order chi connectivity index (χ0) is 16.8. The molecule has 126 valence electrons. The highest BCUT2D eigenvalue weighted by molar-refractivity contribution is 5.79. The summed E-state index contributed by atoms with van der Waals surface area (Å²) in [5.74, 6) is 0.767. The molecule has 1 aromatic rings. The molecule has 0 aromatic heterocycles. The van der Waals surface area contributed by atoms with E-state index in [1.54, 1.807) is 4.90 Å². The number of ether oxygens (including phenoxy) is 1. The number of carbonyl (C=O) groups excluding carboxylic acids is 2. The second-order valence-electron chi connectivity index (χ2n) is 6.19. The number of hydrogen-bond acceptors (Lipinski definition) is 3. The summed E-state index contributed by atoms with van der Waals surface area (Å²) in [6.07, 6.45) is 2.31. The first-order chi connectivity index (χ1) is 11.0. The molecule has 5 heteroatoms. The lowest BCUT2D eigenvalue weighted by atomic mass is 9.96. The van der Waals surface area contributed by atoms with Crippen LogP contribution in [0.5, 0.6) is 5.75 Å². The Kier molecular flexibility index (Phi) is 6.02. The SMILES string of the molecule is CCC(C)c1ccccc1OCC(=O)N1CCC(C(N)=O)CC1. The lowest BCUT2D eigenvalue weighted by Crippen LogP contribution is -2.43. The molecule has 1 saturated heterocycles. The minimum atomic E-state index is -0.268. The molecule has 2 amide bonds. The molecule has 1 heterocycles. The highest BCUT2D eigenvalue weighted by Gasteiger charge is 2.26. The van der Waals surface area contributed by atoms with Crippen molar-refractivity contribution in [1.82, 2.24) is 4.90 Å². The van der Waals surface area contributed by atoms with E-state index in [0.29, 0.717) is 31.8 Å². The Labute approximate surface area is 137 Å². The van der Waals surface area contributed by atoms with Gasteiger partial charge in [-0.3, -0.25) is 9.59 Å². The number of para-hydroxylation sites is 1. The first-order valence-electron chi connectivity index (χ1n) is 8.31. The van der Waals surface area contributed by atoms with Crippen LogP contribution in [0.1, 0.15) is 44.6 Å². The van der Waals surface area contributed by atoms with Crippen molar-refractivity contribution in [3.05, 3.63) is 29.8 Å². The predicted octanol–water partition coefficient (Wildman–Crippen LogP) is 2.30. The zero-order valence-corrected chi connectivity index (χ0v) is 14.0. The van der Waals surface area contributed by atoms with Gasteiger partial charge in [0.15, 0.2) is 6.61 Å². The zero-order valence-electron chi connectivity index (χ0n) is 14.0. The van der Waals surface area contributed by atoms with E-state index in [2.05, 4.69) is 13.8 Å². The number of hydrogen-bond donors (Lipinski definition) is 1. The molecule has 23 heavy (non-hydrogen) atoms. The highest BCUT2D eigenvalue weighted by Crippen LogP contribution is 2.28. The van der Waals surface area contributed by atoms with Crippen molar-refractivity contribution in [2.75, 3.05) is 19.7 Å². The number of nitrogens with two attached hydrogens (primary N) is 1. The van der Waals surface area contributed by atoms with Crippen LogP contribution in [-0.4, -0.2) is 36.4 Å². The first-order valence-corrected chi connectivity index (χ1v) is 8.31. The summed E-state index contributed by atoms with van der Waals surface area (Å²) in [4.78, 5) is 25.2. The van der Waals surface area contributed by atoms with Crippen LogP contribution in [0.4, 0.5) is 0 Å². The van der Waals surface area contributed by atoms with Crippen LogP contribution in [0, 0.1) is 5.92 Å². The van der Waals surface area contributed by atoms with Crippen molar-refractivity contribution in [1.29, 1.82) is 0 Å². The van der Waals surface area contributed by atoms with E-state index in [9.17, 15) is 9.59 Å². The lowest BCUT2D eigenvalue weighted by Gasteiger charge is -2.30. The Morgan fingerprint density at radius 3 is 2.57 bits per heavy atom. The Bertz CT molecular complexity index is 551. The van der Waals surface area contributed by atoms with E-state index in [0.717, 1.165) is 17.7 Å². The number of benzene rings is 1. The predicted molar refractivity (Wildman–Crippen MR) is 89.1 cm³/mol. The van der Waals surface area contributed by atoms with E-state index in [4.69, 9.17) is 10.5 Å². The van der Waals surface area contributed by atoms with Crippen LogP contribution in [-0.2, 0) is 9.59 Å². The van der Waals surface area contributed by atoms with Gasteiger partial charge in [-0.05, 0) is 36.8 Å². The summed E-state index contributed by atoms with van der Waals surface area (Å²) in [7, 11) is 0. The Morgan fingerprint density at radius 1 is 1.30 bits per heavy atom. The van der Waals surface area contributed by atoms with Crippen LogP contribution < -0.4 is 10.5 Å². The van der Waals surface area contributed by atoms with Gasteiger partial charge in [0, 0.05) is 19.0 Å². The van der Waals surface area contributed by atoms with Crippen molar-refractivity contribution in [2.45, 2.75) is 39.0 Å². The second-order valence-corrected chi connectivity index (χ2v) is 6.19. The van der Waals surface area contributed by atoms with Crippen LogP contribution in [0.25, 0.3) is 0 Å². The number of carbonyl (C=O) groups is 2. The van der Waals surface area contributed by atoms with Gasteiger partial charge in [-0.1, -0.05) is 32.0 Å². The molecule has 1 aliphatic rings. The van der Waals surface area contributed by atoms with Crippen molar-refractivity contribution in [3.8, 4) is 5.75 Å². The number of nitrogens with zero attached hydrogens (tertiary/aromatic N) is 1. The first kappa shape index (κ1) is 17.3. The molecule has 0 saturated carbocycles. The van der Waals surface area contributed by atoms with Crippen molar-refractivity contribution in [3.63, 3.8) is 0 Å². The third kappa shape index (κ3) is 4.47. The molecule has 1 aromatic carbocycles. The minimum Gasteiger partial charge on any atom is -0.483 e. The number of primary amides is 1. The molecular formula is C18H26N2O3. The maximum atomic E-state index is 12.3. The van der Waals surface area contributed by atoms with Crippen molar-refractivity contribution < 1.29 is 14.3 Å². The lowest BCUT2D eigenvalue weighted by molar-refractivity contribution is -0.136. The van der Waals surface area contributed by atoms with Gasteiger partial charge in [-0.2, -0.15) is 0 Å². The minimum absolute atomic E-state index is 0.0353. The molecule has 1 fully saturated rings. The number of likely N-dealkylation sites (tertiary alicyclic amines) is 1. The van der Waals surface area contributed by atoms with Crippen LogP contribution in [0.3, 0.4) is 0 Å². The van der Waals surface area contributed by atoms with Gasteiger partial charge in [0.2, 0.25) is 5.91 Å². The molecule has 1 unspecified atom stereocenters. The summed E-state index contributed by atoms with van der Waals surface area (Å²) in [5, 5.41) is 0. The van der Waals surface area contributed by atoms with Gasteiger partial charge in [0.05, 0.1) is 0 Å². The third-order valence-electron chi connectivity index (χ3n) is 4.66. The average Bonchev–Trinajstić information content (AvgIpc) is 2.59. The van der Waals surface area contributed by atoms with Crippen LogP contribution in [0.15, 0.2) is 24.3 Å². The summed E-state index contributed by atoms with van der Waals surface area (Å²) in [6.45, 7) is 5.47. The number of piperidine rings is 1. The maximum absolute atomic E-state index is 12.3. The molecule has 1 aliphatic heterocycles. The summed E-state index contributed by atoms with van der Waals surface area (Å²) < 4.78 is 5.77. The van der Waals surface area contributed by atoms with Crippen molar-refractivity contribution in [2.24, 2.45) is 11.7 Å². The number of rotatable bonds is 6. The average molecular weight is 318 g/mol. The smallest absolute Gasteiger partial charge is 0.260 e. The van der Waals surface area contributed by atoms with E-state index in [1.165, 1.54) is 0 Å². The fourth-order valence-electron chi connectivity index (χ4n) is 2.88. The van der Waals surface area contributed by atoms with E-state index in [-0.39, 0.29) is 24.3 Å². The fourth-order valence-corrected chi connectivity index (χ4v) is 2.88. The molecule has 0 bridgehead atoms. The van der Waals surface area contributed by atoms with Gasteiger partial charge < -0.3 is 15.4 Å². The quantitative estimate of drug-likeness (QED) is 0.874. The van der Waals surface area contributed by atoms with E-state index >= 15 is 0 Å². The summed E-state index contributed by atoms with van der Waals surface area (Å²) >= 11 is 0. The molecular weight excluding hydrogens is 292 g/mol. The van der Waals surface area contributed by atoms with Gasteiger partial charge in [-0.15, -0.1) is 0 Å². The molecule has 2 rings (SSSR count). The van der Waals surface area contributed by atoms with Crippen molar-refractivity contribution >= 4 is 11.8 Å². The molecule has 0 aliphatic carbocycles. The highest BCUT2D eigenvalue weighted by atomic mass is 16.5. The van der Waals surface area contributed by atoms with E-state index in [1.807, 2.05) is 24.3 Å². The largest absolute Gasteiger partial charge is 0.483 e. The molecule has 0 spiro atoms. The molecule has 5 nitrogen and oxygen atoms in total.